The summed E-state index contributed by atoms with van der Waals surface area (Å²) >= 11 is -4.87. The van der Waals surface area contributed by atoms with E-state index in [9.17, 15) is 0 Å². The van der Waals surface area contributed by atoms with Gasteiger partial charge in [-0.2, -0.15) is 0 Å². The van der Waals surface area contributed by atoms with E-state index in [1.54, 1.807) is 37.0 Å². The van der Waals surface area contributed by atoms with Gasteiger partial charge in [-0.15, -0.1) is 0 Å². The second-order valence-electron chi connectivity index (χ2n) is 15.6. The molecule has 47 heavy (non-hydrogen) atoms. The van der Waals surface area contributed by atoms with Gasteiger partial charge < -0.3 is 0 Å². The van der Waals surface area contributed by atoms with Gasteiger partial charge in [0.15, 0.2) is 0 Å². The Hall–Kier alpha value is 0.254. The van der Waals surface area contributed by atoms with E-state index in [4.69, 9.17) is 0 Å². The molecule has 0 aliphatic carbocycles. The molecule has 0 bridgehead atoms. The molecule has 0 spiro atoms. The third kappa shape index (κ3) is 12.8. The molecule has 268 valence electrons. The number of benzene rings is 2. The van der Waals surface area contributed by atoms with Crippen molar-refractivity contribution < 1.29 is 0 Å². The van der Waals surface area contributed by atoms with Gasteiger partial charge in [0.05, 0.1) is 0 Å². The maximum absolute atomic E-state index is 2.74. The Balaban J connectivity index is 2.68. The summed E-state index contributed by atoms with van der Waals surface area (Å²) in [6.07, 6.45) is 22.2. The minimum atomic E-state index is -2.43. The molecule has 0 aliphatic heterocycles. The molecule has 0 fully saturated rings. The van der Waals surface area contributed by atoms with Crippen molar-refractivity contribution in [2.24, 2.45) is 0 Å². The van der Waals surface area contributed by atoms with Crippen molar-refractivity contribution in [3.05, 3.63) is 48.5 Å². The Morgan fingerprint density at radius 3 is 0.787 bits per heavy atom. The van der Waals surface area contributed by atoms with Gasteiger partial charge in [-0.1, -0.05) is 0 Å². The topological polar surface area (TPSA) is 0 Å². The fourth-order valence-corrected chi connectivity index (χ4v) is 45.9. The average molecular weight is 875 g/mol. The molecule has 3 heteroatoms. The van der Waals surface area contributed by atoms with Crippen LogP contribution in [0.1, 0.15) is 158 Å². The molecular formula is C44H80SiSn2. The second-order valence-corrected chi connectivity index (χ2v) is 46.4. The molecule has 0 atom stereocenters. The predicted molar refractivity (Wildman–Crippen MR) is 226 cm³/mol. The molecular weight excluding hydrogens is 794 g/mol. The Morgan fingerprint density at radius 2 is 0.574 bits per heavy atom. The third-order valence-electron chi connectivity index (χ3n) is 12.1. The van der Waals surface area contributed by atoms with Gasteiger partial charge in [0.1, 0.15) is 0 Å². The van der Waals surface area contributed by atoms with Crippen molar-refractivity contribution in [1.29, 1.82) is 0 Å². The summed E-state index contributed by atoms with van der Waals surface area (Å²) in [5, 5.41) is 3.52. The van der Waals surface area contributed by atoms with E-state index < -0.39 is 44.8 Å². The van der Waals surface area contributed by atoms with Gasteiger partial charge in [0.2, 0.25) is 0 Å². The fraction of sp³-hybridized carbons (Fsp3) is 0.727. The van der Waals surface area contributed by atoms with Crippen molar-refractivity contribution in [1.82, 2.24) is 0 Å². The van der Waals surface area contributed by atoms with Gasteiger partial charge in [-0.05, 0) is 0 Å². The Bertz CT molecular complexity index is 915. The summed E-state index contributed by atoms with van der Waals surface area (Å²) in [6.45, 7) is 19.3. The second kappa shape index (κ2) is 24.4. The first-order chi connectivity index (χ1) is 22.9. The van der Waals surface area contributed by atoms with E-state index in [1.165, 1.54) is 115 Å². The van der Waals surface area contributed by atoms with Gasteiger partial charge >= 0.3 is 308 Å². The third-order valence-corrected chi connectivity index (χ3v) is 48.7. The van der Waals surface area contributed by atoms with Crippen LogP contribution >= 0.6 is 0 Å². The quantitative estimate of drug-likeness (QED) is 0.0747. The summed E-state index contributed by atoms with van der Waals surface area (Å²) in [5.74, 6) is 0. The van der Waals surface area contributed by atoms with Gasteiger partial charge in [0, 0.05) is 0 Å². The zero-order valence-electron chi connectivity index (χ0n) is 33.1. The van der Waals surface area contributed by atoms with Crippen LogP contribution in [0.25, 0.3) is 0 Å². The number of hydrogen-bond donors (Lipinski definition) is 0. The van der Waals surface area contributed by atoms with Crippen LogP contribution in [0.3, 0.4) is 0 Å². The van der Waals surface area contributed by atoms with E-state index in [-0.39, 0.29) is 0 Å². The van der Waals surface area contributed by atoms with Crippen LogP contribution in [0.15, 0.2) is 48.5 Å². The summed E-state index contributed by atoms with van der Waals surface area (Å²) in [4.78, 5) is 0. The van der Waals surface area contributed by atoms with E-state index in [0.717, 1.165) is 0 Å². The van der Waals surface area contributed by atoms with E-state index >= 15 is 0 Å². The molecule has 0 heterocycles. The predicted octanol–water partition coefficient (Wildman–Crippen LogP) is 13.0. The van der Waals surface area contributed by atoms with Gasteiger partial charge in [-0.25, -0.2) is 0 Å². The molecule has 2 rings (SSSR count). The Labute approximate surface area is 305 Å². The SMILES string of the molecule is CCCC[Si](CCCC)(c1cc[c]([Sn]([CH2]CCC)([CH2]CCC)[CH2]CCC)cc1)c1cc[c]([Sn]([CH2]CCC)([CH2]CCC)[CH2]CCC)cc1. The molecule has 0 N–H and O–H groups in total. The Morgan fingerprint density at radius 1 is 0.340 bits per heavy atom. The molecule has 0 radical (unpaired) electrons. The van der Waals surface area contributed by atoms with Crippen LogP contribution in [0.5, 0.6) is 0 Å². The first-order valence-electron chi connectivity index (χ1n) is 21.1. The van der Waals surface area contributed by atoms with Crippen LogP contribution in [0, 0.1) is 0 Å². The normalized spacial score (nSPS) is 12.6. The molecule has 2 aromatic rings. The van der Waals surface area contributed by atoms with Crippen LogP contribution in [-0.4, -0.2) is 44.8 Å². The van der Waals surface area contributed by atoms with Crippen molar-refractivity contribution >= 4 is 62.4 Å². The number of rotatable bonds is 28. The number of hydrogen-bond acceptors (Lipinski definition) is 0. The molecule has 2 aromatic carbocycles. The average Bonchev–Trinajstić information content (AvgIpc) is 3.12. The molecule has 0 unspecified atom stereocenters. The van der Waals surface area contributed by atoms with Crippen molar-refractivity contribution in [2.75, 3.05) is 0 Å². The summed E-state index contributed by atoms with van der Waals surface area (Å²) < 4.78 is 13.2. The summed E-state index contributed by atoms with van der Waals surface area (Å²) in [6, 6.07) is 24.7. The molecule has 0 saturated heterocycles. The van der Waals surface area contributed by atoms with Gasteiger partial charge in [-0.3, -0.25) is 0 Å². The monoisotopic (exact) mass is 876 g/mol. The Kier molecular flexibility index (Phi) is 22.6. The zero-order chi connectivity index (χ0) is 34.4. The zero-order valence-corrected chi connectivity index (χ0v) is 39.8. The molecule has 0 aliphatic rings. The molecule has 0 saturated carbocycles. The van der Waals surface area contributed by atoms with Crippen LogP contribution in [-0.2, 0) is 0 Å². The fourth-order valence-electron chi connectivity index (χ4n) is 8.82. The summed E-state index contributed by atoms with van der Waals surface area (Å²) in [5.41, 5.74) is 0. The van der Waals surface area contributed by atoms with Crippen molar-refractivity contribution in [3.8, 4) is 0 Å². The standard InChI is InChI=1S/C20H26Si.6C4H9.2Sn/c1-3-5-17-21(18-6-4-2,19-13-9-7-10-14-19)20-15-11-8-12-16-20;6*1-3-4-2;;/h9-16H,3-6,17-18H2,1-2H3;6*1,3-4H2,2H3;;. The first kappa shape index (κ1) is 43.4. The van der Waals surface area contributed by atoms with Crippen molar-refractivity contribution in [2.45, 2.75) is 197 Å². The van der Waals surface area contributed by atoms with E-state index in [0.29, 0.717) is 0 Å². The number of unbranched alkanes of at least 4 members (excludes halogenated alkanes) is 8. The molecule has 0 amide bonds. The van der Waals surface area contributed by atoms with Gasteiger partial charge in [0.25, 0.3) is 0 Å². The molecule has 0 aromatic heterocycles. The van der Waals surface area contributed by atoms with E-state index in [2.05, 4.69) is 104 Å². The minimum absolute atomic E-state index is 1.31. The van der Waals surface area contributed by atoms with Crippen molar-refractivity contribution in [3.63, 3.8) is 0 Å². The van der Waals surface area contributed by atoms with Crippen LogP contribution in [0.4, 0.5) is 0 Å². The van der Waals surface area contributed by atoms with Crippen LogP contribution < -0.4 is 17.5 Å². The molecule has 0 nitrogen and oxygen atoms in total. The summed E-state index contributed by atoms with van der Waals surface area (Å²) in [7, 11) is -1.86. The maximum atomic E-state index is 2.74. The van der Waals surface area contributed by atoms with E-state index in [1.807, 2.05) is 7.16 Å². The first-order valence-corrected chi connectivity index (χ1v) is 38.5. The van der Waals surface area contributed by atoms with Crippen LogP contribution in [0.2, 0.25) is 38.7 Å².